The lowest BCUT2D eigenvalue weighted by atomic mass is 10.2. The molecule has 2 rings (SSSR count). The van der Waals surface area contributed by atoms with Crippen molar-refractivity contribution in [3.8, 4) is 0 Å². The number of urea groups is 1. The SMILES string of the molecule is CN(Cc1ccc(Br)cc1)C(=O)NCCS(=O)(=O)N1CCOCC1. The van der Waals surface area contributed by atoms with Gasteiger partial charge in [0.25, 0.3) is 0 Å². The third kappa shape index (κ3) is 5.73. The molecule has 1 heterocycles. The fraction of sp³-hybridized carbons (Fsp3) is 0.533. The molecule has 0 aliphatic carbocycles. The molecule has 1 aromatic carbocycles. The van der Waals surface area contributed by atoms with Crippen LogP contribution in [-0.4, -0.2) is 69.3 Å². The highest BCUT2D eigenvalue weighted by Gasteiger charge is 2.24. The van der Waals surface area contributed by atoms with Gasteiger partial charge in [-0.2, -0.15) is 4.31 Å². The Balaban J connectivity index is 1.76. The zero-order valence-corrected chi connectivity index (χ0v) is 16.0. The summed E-state index contributed by atoms with van der Waals surface area (Å²) in [6.45, 7) is 2.13. The smallest absolute Gasteiger partial charge is 0.317 e. The minimum Gasteiger partial charge on any atom is -0.379 e. The van der Waals surface area contributed by atoms with Gasteiger partial charge in [-0.3, -0.25) is 0 Å². The fourth-order valence-electron chi connectivity index (χ4n) is 2.31. The molecule has 0 atom stereocenters. The average Bonchev–Trinajstić information content (AvgIpc) is 2.57. The Morgan fingerprint density at radius 1 is 1.29 bits per heavy atom. The van der Waals surface area contributed by atoms with Crippen LogP contribution in [0.3, 0.4) is 0 Å². The van der Waals surface area contributed by atoms with Gasteiger partial charge in [0.15, 0.2) is 0 Å². The maximum absolute atomic E-state index is 12.2. The highest BCUT2D eigenvalue weighted by molar-refractivity contribution is 9.10. The molecule has 0 radical (unpaired) electrons. The summed E-state index contributed by atoms with van der Waals surface area (Å²) in [6.07, 6.45) is 0. The van der Waals surface area contributed by atoms with E-state index in [1.807, 2.05) is 24.3 Å². The van der Waals surface area contributed by atoms with Crippen LogP contribution in [0.5, 0.6) is 0 Å². The van der Waals surface area contributed by atoms with Crippen molar-refractivity contribution in [3.63, 3.8) is 0 Å². The molecule has 9 heteroatoms. The number of halogens is 1. The molecule has 1 aromatic rings. The second kappa shape index (κ2) is 8.80. The number of carbonyl (C=O) groups is 1. The molecule has 1 aliphatic rings. The van der Waals surface area contributed by atoms with Gasteiger partial charge < -0.3 is 15.0 Å². The maximum Gasteiger partial charge on any atom is 0.317 e. The van der Waals surface area contributed by atoms with Gasteiger partial charge in [-0.25, -0.2) is 13.2 Å². The quantitative estimate of drug-likeness (QED) is 0.752. The summed E-state index contributed by atoms with van der Waals surface area (Å²) in [7, 11) is -1.68. The molecule has 2 amide bonds. The number of hydrogen-bond donors (Lipinski definition) is 1. The molecule has 1 N–H and O–H groups in total. The lowest BCUT2D eigenvalue weighted by Gasteiger charge is -2.26. The second-order valence-corrected chi connectivity index (χ2v) is 8.55. The molecular formula is C15H22BrN3O4S. The molecule has 24 heavy (non-hydrogen) atoms. The number of morpholine rings is 1. The van der Waals surface area contributed by atoms with E-state index in [2.05, 4.69) is 21.2 Å². The van der Waals surface area contributed by atoms with Crippen molar-refractivity contribution in [1.82, 2.24) is 14.5 Å². The molecular weight excluding hydrogens is 398 g/mol. The van der Waals surface area contributed by atoms with E-state index in [9.17, 15) is 13.2 Å². The molecule has 134 valence electrons. The minimum absolute atomic E-state index is 0.0865. The summed E-state index contributed by atoms with van der Waals surface area (Å²) in [4.78, 5) is 13.6. The molecule has 0 spiro atoms. The predicted molar refractivity (Wildman–Crippen MR) is 95.2 cm³/mol. The number of amides is 2. The normalized spacial score (nSPS) is 15.9. The van der Waals surface area contributed by atoms with Crippen molar-refractivity contribution in [1.29, 1.82) is 0 Å². The highest BCUT2D eigenvalue weighted by Crippen LogP contribution is 2.11. The zero-order chi connectivity index (χ0) is 17.6. The lowest BCUT2D eigenvalue weighted by Crippen LogP contribution is -2.45. The van der Waals surface area contributed by atoms with Crippen LogP contribution in [0.15, 0.2) is 28.7 Å². The summed E-state index contributed by atoms with van der Waals surface area (Å²) in [5.74, 6) is -0.106. The van der Waals surface area contributed by atoms with Gasteiger partial charge >= 0.3 is 6.03 Å². The minimum atomic E-state index is -3.35. The molecule has 7 nitrogen and oxygen atoms in total. The fourth-order valence-corrected chi connectivity index (χ4v) is 3.90. The molecule has 0 saturated carbocycles. The van der Waals surface area contributed by atoms with Gasteiger partial charge in [0.2, 0.25) is 10.0 Å². The number of nitrogens with one attached hydrogen (secondary N) is 1. The largest absolute Gasteiger partial charge is 0.379 e. The van der Waals surface area contributed by atoms with Crippen LogP contribution in [0.1, 0.15) is 5.56 Å². The van der Waals surface area contributed by atoms with Crippen LogP contribution in [-0.2, 0) is 21.3 Å². The van der Waals surface area contributed by atoms with Crippen LogP contribution in [0.25, 0.3) is 0 Å². The Hall–Kier alpha value is -1.16. The summed E-state index contributed by atoms with van der Waals surface area (Å²) >= 11 is 3.36. The van der Waals surface area contributed by atoms with Crippen LogP contribution < -0.4 is 5.32 Å². The molecule has 0 aromatic heterocycles. The lowest BCUT2D eigenvalue weighted by molar-refractivity contribution is 0.0730. The molecule has 0 bridgehead atoms. The number of nitrogens with zero attached hydrogens (tertiary/aromatic N) is 2. The van der Waals surface area contributed by atoms with E-state index in [0.29, 0.717) is 32.8 Å². The summed E-state index contributed by atoms with van der Waals surface area (Å²) in [6, 6.07) is 7.38. The van der Waals surface area contributed by atoms with E-state index >= 15 is 0 Å². The summed E-state index contributed by atoms with van der Waals surface area (Å²) in [5.41, 5.74) is 0.997. The van der Waals surface area contributed by atoms with Gasteiger partial charge in [0, 0.05) is 37.7 Å². The van der Waals surface area contributed by atoms with Crippen molar-refractivity contribution < 1.29 is 17.9 Å². The van der Waals surface area contributed by atoms with Crippen molar-refractivity contribution in [2.45, 2.75) is 6.54 Å². The van der Waals surface area contributed by atoms with Crippen molar-refractivity contribution in [2.24, 2.45) is 0 Å². The first-order valence-electron chi connectivity index (χ1n) is 7.67. The third-order valence-electron chi connectivity index (χ3n) is 3.68. The van der Waals surface area contributed by atoms with Crippen LogP contribution in [0, 0.1) is 0 Å². The van der Waals surface area contributed by atoms with Crippen LogP contribution in [0.2, 0.25) is 0 Å². The van der Waals surface area contributed by atoms with Gasteiger partial charge in [0.1, 0.15) is 0 Å². The van der Waals surface area contributed by atoms with Crippen molar-refractivity contribution in [2.75, 3.05) is 45.6 Å². The van der Waals surface area contributed by atoms with E-state index in [1.54, 1.807) is 7.05 Å². The topological polar surface area (TPSA) is 79.0 Å². The van der Waals surface area contributed by atoms with E-state index in [0.717, 1.165) is 10.0 Å². The third-order valence-corrected chi connectivity index (χ3v) is 6.08. The number of benzene rings is 1. The van der Waals surface area contributed by atoms with Gasteiger partial charge in [0.05, 0.1) is 19.0 Å². The Morgan fingerprint density at radius 3 is 2.54 bits per heavy atom. The van der Waals surface area contributed by atoms with Gasteiger partial charge in [-0.05, 0) is 17.7 Å². The van der Waals surface area contributed by atoms with E-state index in [1.165, 1.54) is 9.21 Å². The average molecular weight is 420 g/mol. The number of carbonyl (C=O) groups excluding carboxylic acids is 1. The first-order valence-corrected chi connectivity index (χ1v) is 10.1. The zero-order valence-electron chi connectivity index (χ0n) is 13.6. The predicted octanol–water partition coefficient (Wildman–Crippen LogP) is 1.25. The van der Waals surface area contributed by atoms with Gasteiger partial charge in [-0.15, -0.1) is 0 Å². The first kappa shape index (κ1) is 19.2. The van der Waals surface area contributed by atoms with E-state index in [-0.39, 0.29) is 18.3 Å². The Kier molecular flexibility index (Phi) is 7.02. The summed E-state index contributed by atoms with van der Waals surface area (Å²) in [5, 5.41) is 2.65. The Morgan fingerprint density at radius 2 is 1.92 bits per heavy atom. The van der Waals surface area contributed by atoms with E-state index in [4.69, 9.17) is 4.74 Å². The highest BCUT2D eigenvalue weighted by atomic mass is 79.9. The number of ether oxygens (including phenoxy) is 1. The molecule has 1 fully saturated rings. The molecule has 1 saturated heterocycles. The molecule has 1 aliphatic heterocycles. The maximum atomic E-state index is 12.2. The Bertz CT molecular complexity index is 645. The van der Waals surface area contributed by atoms with Crippen molar-refractivity contribution in [3.05, 3.63) is 34.3 Å². The van der Waals surface area contributed by atoms with E-state index < -0.39 is 10.0 Å². The number of sulfonamides is 1. The van der Waals surface area contributed by atoms with Gasteiger partial charge in [-0.1, -0.05) is 28.1 Å². The summed E-state index contributed by atoms with van der Waals surface area (Å²) < 4.78 is 31.9. The standard InChI is InChI=1S/C15H22BrN3O4S/c1-18(12-13-2-4-14(16)5-3-13)15(20)17-6-11-24(21,22)19-7-9-23-10-8-19/h2-5H,6-12H2,1H3,(H,17,20). The van der Waals surface area contributed by atoms with Crippen LogP contribution in [0.4, 0.5) is 4.79 Å². The Labute approximate surface area is 151 Å². The first-order chi connectivity index (χ1) is 11.4. The monoisotopic (exact) mass is 419 g/mol. The number of hydrogen-bond acceptors (Lipinski definition) is 4. The number of rotatable bonds is 6. The molecule has 0 unspecified atom stereocenters. The van der Waals surface area contributed by atoms with Crippen LogP contribution >= 0.6 is 15.9 Å². The van der Waals surface area contributed by atoms with Crippen molar-refractivity contribution >= 4 is 32.0 Å². The second-order valence-electron chi connectivity index (χ2n) is 5.54.